The van der Waals surface area contributed by atoms with Crippen molar-refractivity contribution in [3.63, 3.8) is 0 Å². The fourth-order valence-corrected chi connectivity index (χ4v) is 4.06. The molecule has 12 heteroatoms. The highest BCUT2D eigenvalue weighted by Crippen LogP contribution is 2.35. The van der Waals surface area contributed by atoms with E-state index in [9.17, 15) is 24.8 Å². The second kappa shape index (κ2) is 9.66. The summed E-state index contributed by atoms with van der Waals surface area (Å²) < 4.78 is 10.6. The summed E-state index contributed by atoms with van der Waals surface area (Å²) in [4.78, 5) is 36.8. The van der Waals surface area contributed by atoms with Gasteiger partial charge in [-0.2, -0.15) is 0 Å². The lowest BCUT2D eigenvalue weighted by Crippen LogP contribution is -2.36. The monoisotopic (exact) mass is 475 g/mol. The van der Waals surface area contributed by atoms with Crippen LogP contribution in [0.2, 0.25) is 0 Å². The summed E-state index contributed by atoms with van der Waals surface area (Å²) in [7, 11) is 3.01. The number of phenolic OH excluding ortho intramolecular Hbond substituents is 1. The number of hydrogen-bond donors (Lipinski definition) is 2. The molecule has 2 amide bonds. The number of carbonyl (C=O) groups is 2. The molecule has 0 spiro atoms. The standard InChI is InChI=1S/C20H17N3O7S2/c1-29-15-6-3-11(7-16(15)30-2)8-17-19(26)22(20(31)32-17)10-18(25)21-13-9-12(23(27)28)4-5-14(13)24/h3-9,24H,10H2,1-2H3,(H,21,25). The van der Waals surface area contributed by atoms with Gasteiger partial charge in [0.2, 0.25) is 5.91 Å². The van der Waals surface area contributed by atoms with Crippen molar-refractivity contribution in [1.82, 2.24) is 4.90 Å². The minimum Gasteiger partial charge on any atom is -0.506 e. The van der Waals surface area contributed by atoms with Crippen molar-refractivity contribution in [3.05, 3.63) is 57.0 Å². The largest absolute Gasteiger partial charge is 0.506 e. The molecule has 0 saturated carbocycles. The van der Waals surface area contributed by atoms with Gasteiger partial charge in [-0.15, -0.1) is 0 Å². The van der Waals surface area contributed by atoms with E-state index < -0.39 is 23.3 Å². The Morgan fingerprint density at radius 3 is 2.62 bits per heavy atom. The van der Waals surface area contributed by atoms with Gasteiger partial charge in [-0.05, 0) is 29.8 Å². The van der Waals surface area contributed by atoms with Crippen LogP contribution in [0.5, 0.6) is 17.2 Å². The van der Waals surface area contributed by atoms with E-state index in [1.165, 1.54) is 14.2 Å². The molecule has 166 valence electrons. The SMILES string of the molecule is COc1ccc(C=C2SC(=S)N(CC(=O)Nc3cc([N+](=O)[O-])ccc3O)C2=O)cc1OC. The molecular weight excluding hydrogens is 458 g/mol. The summed E-state index contributed by atoms with van der Waals surface area (Å²) in [6, 6.07) is 8.36. The van der Waals surface area contributed by atoms with Crippen LogP contribution in [0.15, 0.2) is 41.3 Å². The fraction of sp³-hybridized carbons (Fsp3) is 0.150. The van der Waals surface area contributed by atoms with Crippen molar-refractivity contribution in [2.75, 3.05) is 26.1 Å². The molecule has 0 aliphatic carbocycles. The third-order valence-electron chi connectivity index (χ3n) is 4.35. The molecule has 0 unspecified atom stereocenters. The summed E-state index contributed by atoms with van der Waals surface area (Å²) >= 11 is 6.26. The predicted molar refractivity (Wildman–Crippen MR) is 123 cm³/mol. The number of amides is 2. The molecule has 10 nitrogen and oxygen atoms in total. The van der Waals surface area contributed by atoms with E-state index in [1.807, 2.05) is 0 Å². The number of non-ortho nitro benzene ring substituents is 1. The molecule has 1 aliphatic heterocycles. The number of carbonyl (C=O) groups excluding carboxylic acids is 2. The van der Waals surface area contributed by atoms with E-state index in [1.54, 1.807) is 24.3 Å². The van der Waals surface area contributed by atoms with Gasteiger partial charge in [0.1, 0.15) is 16.6 Å². The van der Waals surface area contributed by atoms with Gasteiger partial charge in [0.05, 0.1) is 29.7 Å². The molecule has 2 aromatic rings. The number of anilines is 1. The summed E-state index contributed by atoms with van der Waals surface area (Å²) in [5.74, 6) is -0.452. The Balaban J connectivity index is 1.74. The first-order valence-corrected chi connectivity index (χ1v) is 10.2. The summed E-state index contributed by atoms with van der Waals surface area (Å²) in [5, 5.41) is 23.1. The topological polar surface area (TPSA) is 131 Å². The van der Waals surface area contributed by atoms with Crippen LogP contribution < -0.4 is 14.8 Å². The van der Waals surface area contributed by atoms with Crippen LogP contribution in [0.1, 0.15) is 5.56 Å². The number of nitro benzene ring substituents is 1. The maximum absolute atomic E-state index is 12.8. The van der Waals surface area contributed by atoms with E-state index in [4.69, 9.17) is 21.7 Å². The quantitative estimate of drug-likeness (QED) is 0.204. The molecular formula is C20H17N3O7S2. The number of nitro groups is 1. The number of benzene rings is 2. The first kappa shape index (κ1) is 23.0. The number of ether oxygens (including phenoxy) is 2. The lowest BCUT2D eigenvalue weighted by atomic mass is 10.2. The number of phenols is 1. The highest BCUT2D eigenvalue weighted by Gasteiger charge is 2.33. The van der Waals surface area contributed by atoms with Crippen molar-refractivity contribution in [2.45, 2.75) is 0 Å². The molecule has 0 bridgehead atoms. The van der Waals surface area contributed by atoms with Gasteiger partial charge >= 0.3 is 0 Å². The van der Waals surface area contributed by atoms with Crippen LogP contribution in [0.4, 0.5) is 11.4 Å². The van der Waals surface area contributed by atoms with Gasteiger partial charge in [-0.3, -0.25) is 24.6 Å². The maximum Gasteiger partial charge on any atom is 0.271 e. The maximum atomic E-state index is 12.8. The van der Waals surface area contributed by atoms with Crippen molar-refractivity contribution in [1.29, 1.82) is 0 Å². The Morgan fingerprint density at radius 1 is 1.25 bits per heavy atom. The van der Waals surface area contributed by atoms with E-state index in [0.29, 0.717) is 22.0 Å². The highest BCUT2D eigenvalue weighted by molar-refractivity contribution is 8.26. The Bertz CT molecular complexity index is 1150. The Morgan fingerprint density at radius 2 is 1.97 bits per heavy atom. The van der Waals surface area contributed by atoms with Gasteiger partial charge in [-0.1, -0.05) is 30.0 Å². The van der Waals surface area contributed by atoms with Crippen LogP contribution in [0.3, 0.4) is 0 Å². The van der Waals surface area contributed by atoms with Gasteiger partial charge < -0.3 is 19.9 Å². The van der Waals surface area contributed by atoms with E-state index in [2.05, 4.69) is 5.32 Å². The van der Waals surface area contributed by atoms with Gasteiger partial charge in [0, 0.05) is 12.1 Å². The zero-order valence-corrected chi connectivity index (χ0v) is 18.5. The number of thioether (sulfide) groups is 1. The van der Waals surface area contributed by atoms with Gasteiger partial charge in [0.15, 0.2) is 11.5 Å². The second-order valence-electron chi connectivity index (χ2n) is 6.39. The van der Waals surface area contributed by atoms with Crippen LogP contribution in [0.25, 0.3) is 6.08 Å². The molecule has 0 atom stereocenters. The number of rotatable bonds is 7. The van der Waals surface area contributed by atoms with Gasteiger partial charge in [-0.25, -0.2) is 0 Å². The Hall–Kier alpha value is -3.64. The molecule has 3 rings (SSSR count). The number of hydrogen-bond acceptors (Lipinski definition) is 9. The molecule has 32 heavy (non-hydrogen) atoms. The smallest absolute Gasteiger partial charge is 0.271 e. The van der Waals surface area contributed by atoms with Crippen LogP contribution >= 0.6 is 24.0 Å². The van der Waals surface area contributed by atoms with E-state index in [-0.39, 0.29) is 21.4 Å². The van der Waals surface area contributed by atoms with E-state index in [0.717, 1.165) is 34.9 Å². The minimum atomic E-state index is -0.676. The first-order valence-electron chi connectivity index (χ1n) is 8.98. The normalized spacial score (nSPS) is 14.6. The highest BCUT2D eigenvalue weighted by atomic mass is 32.2. The third-order valence-corrected chi connectivity index (χ3v) is 5.72. The van der Waals surface area contributed by atoms with Crippen LogP contribution in [0, 0.1) is 10.1 Å². The molecule has 2 aromatic carbocycles. The third kappa shape index (κ3) is 4.98. The number of nitrogens with zero attached hydrogens (tertiary/aromatic N) is 2. The average Bonchev–Trinajstić information content (AvgIpc) is 3.02. The number of aromatic hydroxyl groups is 1. The van der Waals surface area contributed by atoms with Crippen molar-refractivity contribution >= 4 is 57.6 Å². The molecule has 1 saturated heterocycles. The molecule has 2 N–H and O–H groups in total. The molecule has 0 aromatic heterocycles. The summed E-state index contributed by atoms with van der Waals surface area (Å²) in [5.41, 5.74) is 0.228. The van der Waals surface area contributed by atoms with E-state index >= 15 is 0 Å². The van der Waals surface area contributed by atoms with Crippen molar-refractivity contribution < 1.29 is 29.1 Å². The second-order valence-corrected chi connectivity index (χ2v) is 8.06. The number of methoxy groups -OCH3 is 2. The van der Waals surface area contributed by atoms with Crippen LogP contribution in [-0.2, 0) is 9.59 Å². The Labute approximate surface area is 192 Å². The zero-order chi connectivity index (χ0) is 23.4. The predicted octanol–water partition coefficient (Wildman–Crippen LogP) is 3.16. The summed E-state index contributed by atoms with van der Waals surface area (Å²) in [6.45, 7) is -0.421. The summed E-state index contributed by atoms with van der Waals surface area (Å²) in [6.07, 6.45) is 1.62. The molecule has 1 aliphatic rings. The number of nitrogens with one attached hydrogen (secondary N) is 1. The van der Waals surface area contributed by atoms with Crippen LogP contribution in [-0.4, -0.2) is 51.8 Å². The van der Waals surface area contributed by atoms with Crippen molar-refractivity contribution in [2.24, 2.45) is 0 Å². The van der Waals surface area contributed by atoms with Crippen molar-refractivity contribution in [3.8, 4) is 17.2 Å². The first-order chi connectivity index (χ1) is 15.2. The fourth-order valence-electron chi connectivity index (χ4n) is 2.80. The number of thiocarbonyl (C=S) groups is 1. The molecule has 1 heterocycles. The lowest BCUT2D eigenvalue weighted by molar-refractivity contribution is -0.384. The molecule has 0 radical (unpaired) electrons. The average molecular weight is 476 g/mol. The molecule has 1 fully saturated rings. The lowest BCUT2D eigenvalue weighted by Gasteiger charge is -2.14. The minimum absolute atomic E-state index is 0.143. The van der Waals surface area contributed by atoms with Gasteiger partial charge in [0.25, 0.3) is 11.6 Å². The Kier molecular flexibility index (Phi) is 6.95. The zero-order valence-electron chi connectivity index (χ0n) is 16.9.